The van der Waals surface area contributed by atoms with Gasteiger partial charge in [0.05, 0.1) is 10.8 Å². The van der Waals surface area contributed by atoms with Crippen LogP contribution in [0.4, 0.5) is 0 Å². The van der Waals surface area contributed by atoms with E-state index in [1.165, 1.54) is 12.0 Å². The van der Waals surface area contributed by atoms with Gasteiger partial charge in [0, 0.05) is 32.5 Å². The highest BCUT2D eigenvalue weighted by Gasteiger charge is 2.11. The van der Waals surface area contributed by atoms with Crippen LogP contribution < -0.4 is 0 Å². The molecule has 2 atom stereocenters. The fraction of sp³-hybridized carbons (Fsp3) is 0.125. The van der Waals surface area contributed by atoms with E-state index in [9.17, 15) is 4.21 Å². The van der Waals surface area contributed by atoms with E-state index in [4.69, 9.17) is 4.18 Å². The van der Waals surface area contributed by atoms with Gasteiger partial charge in [0.2, 0.25) is 0 Å². The Kier molecular flexibility index (Phi) is 5.19. The molecule has 0 bridgehead atoms. The second-order valence-corrected chi connectivity index (χ2v) is 7.68. The monoisotopic (exact) mass is 334 g/mol. The Morgan fingerprint density at radius 3 is 2.43 bits per heavy atom. The van der Waals surface area contributed by atoms with Crippen molar-refractivity contribution in [2.45, 2.75) is 20.8 Å². The van der Waals surface area contributed by atoms with Crippen molar-refractivity contribution in [1.29, 1.82) is 0 Å². The SMILES string of the molecule is O=S(c1ccccc1)c1ccc(SOC2C=CSC2)cc1. The molecule has 0 amide bonds. The van der Waals surface area contributed by atoms with Crippen molar-refractivity contribution in [2.75, 3.05) is 5.75 Å². The van der Waals surface area contributed by atoms with Crippen LogP contribution in [0.1, 0.15) is 0 Å². The first-order valence-electron chi connectivity index (χ1n) is 6.51. The molecule has 1 aliphatic rings. The van der Waals surface area contributed by atoms with E-state index in [2.05, 4.69) is 11.5 Å². The Labute approximate surface area is 135 Å². The Hall–Kier alpha value is -1.01. The van der Waals surface area contributed by atoms with Crippen molar-refractivity contribution in [2.24, 2.45) is 0 Å². The van der Waals surface area contributed by atoms with E-state index in [-0.39, 0.29) is 6.10 Å². The van der Waals surface area contributed by atoms with Crippen LogP contribution in [0.25, 0.3) is 0 Å². The highest BCUT2D eigenvalue weighted by atomic mass is 32.2. The molecule has 0 N–H and O–H groups in total. The van der Waals surface area contributed by atoms with E-state index in [1.807, 2.05) is 54.6 Å². The molecular weight excluding hydrogens is 320 g/mol. The standard InChI is InChI=1S/C16H14O2S3/c17-21(15-4-2-1-3-5-15)16-8-6-14(7-9-16)20-18-13-10-11-19-12-13/h1-11,13H,12H2. The van der Waals surface area contributed by atoms with Crippen molar-refractivity contribution in [3.8, 4) is 0 Å². The Morgan fingerprint density at radius 1 is 1.05 bits per heavy atom. The Bertz CT molecular complexity index is 638. The predicted octanol–water partition coefficient (Wildman–Crippen LogP) is 4.51. The van der Waals surface area contributed by atoms with E-state index in [0.29, 0.717) is 0 Å². The van der Waals surface area contributed by atoms with Crippen LogP contribution in [-0.2, 0) is 15.0 Å². The van der Waals surface area contributed by atoms with Gasteiger partial charge >= 0.3 is 0 Å². The molecule has 2 aromatic carbocycles. The fourth-order valence-corrected chi connectivity index (χ4v) is 4.35. The lowest BCUT2D eigenvalue weighted by Crippen LogP contribution is -2.03. The largest absolute Gasteiger partial charge is 0.302 e. The Balaban J connectivity index is 1.63. The number of rotatable bonds is 5. The lowest BCUT2D eigenvalue weighted by Gasteiger charge is -2.08. The first kappa shape index (κ1) is 14.9. The summed E-state index contributed by atoms with van der Waals surface area (Å²) in [6.45, 7) is 0. The summed E-state index contributed by atoms with van der Waals surface area (Å²) in [5, 5.41) is 2.07. The molecule has 0 spiro atoms. The lowest BCUT2D eigenvalue weighted by molar-refractivity contribution is 0.328. The van der Waals surface area contributed by atoms with Crippen LogP contribution in [0, 0.1) is 0 Å². The highest BCUT2D eigenvalue weighted by Crippen LogP contribution is 2.27. The summed E-state index contributed by atoms with van der Waals surface area (Å²) in [5.74, 6) is 0.975. The smallest absolute Gasteiger partial charge is 0.101 e. The van der Waals surface area contributed by atoms with Gasteiger partial charge in [-0.1, -0.05) is 18.2 Å². The van der Waals surface area contributed by atoms with Gasteiger partial charge in [-0.15, -0.1) is 11.8 Å². The van der Waals surface area contributed by atoms with E-state index >= 15 is 0 Å². The molecule has 5 heteroatoms. The first-order chi connectivity index (χ1) is 10.3. The van der Waals surface area contributed by atoms with Crippen molar-refractivity contribution in [1.82, 2.24) is 0 Å². The number of hydrogen-bond acceptors (Lipinski definition) is 4. The van der Waals surface area contributed by atoms with Crippen molar-refractivity contribution < 1.29 is 8.39 Å². The third-order valence-corrected chi connectivity index (χ3v) is 5.99. The van der Waals surface area contributed by atoms with Gasteiger partial charge in [-0.3, -0.25) is 0 Å². The second-order valence-electron chi connectivity index (χ2n) is 4.43. The van der Waals surface area contributed by atoms with Crippen molar-refractivity contribution >= 4 is 34.6 Å². The molecule has 0 aliphatic carbocycles. The van der Waals surface area contributed by atoms with Gasteiger partial charge in [0.15, 0.2) is 0 Å². The molecule has 0 fully saturated rings. The van der Waals surface area contributed by atoms with Crippen LogP contribution in [-0.4, -0.2) is 16.1 Å². The zero-order chi connectivity index (χ0) is 14.5. The molecule has 2 aromatic rings. The molecule has 0 aromatic heterocycles. The van der Waals surface area contributed by atoms with Crippen LogP contribution in [0.15, 0.2) is 80.8 Å². The number of hydrogen-bond donors (Lipinski definition) is 0. The summed E-state index contributed by atoms with van der Waals surface area (Å²) in [5.41, 5.74) is 0. The van der Waals surface area contributed by atoms with Crippen molar-refractivity contribution in [3.63, 3.8) is 0 Å². The van der Waals surface area contributed by atoms with E-state index in [1.54, 1.807) is 11.8 Å². The number of thioether (sulfide) groups is 1. The fourth-order valence-electron chi connectivity index (χ4n) is 1.83. The summed E-state index contributed by atoms with van der Waals surface area (Å²) < 4.78 is 18.1. The summed E-state index contributed by atoms with van der Waals surface area (Å²) in [6, 6.07) is 17.2. The van der Waals surface area contributed by atoms with Gasteiger partial charge in [0.1, 0.15) is 6.10 Å². The van der Waals surface area contributed by atoms with Gasteiger partial charge in [-0.25, -0.2) is 4.21 Å². The molecule has 2 nitrogen and oxygen atoms in total. The third-order valence-electron chi connectivity index (χ3n) is 2.91. The topological polar surface area (TPSA) is 26.3 Å². The maximum Gasteiger partial charge on any atom is 0.101 e. The molecule has 0 radical (unpaired) electrons. The maximum absolute atomic E-state index is 12.4. The van der Waals surface area contributed by atoms with E-state index in [0.717, 1.165) is 20.4 Å². The second kappa shape index (κ2) is 7.31. The molecule has 1 heterocycles. The highest BCUT2D eigenvalue weighted by molar-refractivity contribution is 8.02. The molecule has 108 valence electrons. The minimum atomic E-state index is -1.13. The van der Waals surface area contributed by atoms with Gasteiger partial charge in [-0.05, 0) is 47.9 Å². The molecule has 1 aliphatic heterocycles. The maximum atomic E-state index is 12.4. The van der Waals surface area contributed by atoms with Crippen LogP contribution in [0.2, 0.25) is 0 Å². The minimum absolute atomic E-state index is 0.179. The lowest BCUT2D eigenvalue weighted by atomic mass is 10.4. The molecule has 21 heavy (non-hydrogen) atoms. The molecule has 0 saturated heterocycles. The summed E-state index contributed by atoms with van der Waals surface area (Å²) in [6.07, 6.45) is 2.24. The third kappa shape index (κ3) is 4.01. The zero-order valence-electron chi connectivity index (χ0n) is 11.2. The van der Waals surface area contributed by atoms with Gasteiger partial charge in [-0.2, -0.15) is 0 Å². The number of benzene rings is 2. The molecule has 2 unspecified atom stereocenters. The average molecular weight is 334 g/mol. The molecule has 3 rings (SSSR count). The zero-order valence-corrected chi connectivity index (χ0v) is 13.6. The van der Waals surface area contributed by atoms with Crippen molar-refractivity contribution in [3.05, 3.63) is 66.1 Å². The summed E-state index contributed by atoms with van der Waals surface area (Å²) in [7, 11) is -1.13. The van der Waals surface area contributed by atoms with E-state index < -0.39 is 10.8 Å². The van der Waals surface area contributed by atoms with Gasteiger partial charge in [0.25, 0.3) is 0 Å². The quantitative estimate of drug-likeness (QED) is 0.752. The van der Waals surface area contributed by atoms with Crippen LogP contribution in [0.5, 0.6) is 0 Å². The van der Waals surface area contributed by atoms with Crippen LogP contribution >= 0.6 is 23.8 Å². The Morgan fingerprint density at radius 2 is 1.76 bits per heavy atom. The summed E-state index contributed by atoms with van der Waals surface area (Å²) >= 11 is 3.13. The van der Waals surface area contributed by atoms with Gasteiger partial charge < -0.3 is 4.18 Å². The molecular formula is C16H14O2S3. The summed E-state index contributed by atoms with van der Waals surface area (Å²) in [4.78, 5) is 2.65. The van der Waals surface area contributed by atoms with Crippen LogP contribution in [0.3, 0.4) is 0 Å². The minimum Gasteiger partial charge on any atom is -0.302 e. The predicted molar refractivity (Wildman–Crippen MR) is 89.9 cm³/mol. The normalized spacial score (nSPS) is 18.8. The first-order valence-corrected chi connectivity index (χ1v) is 9.45. The average Bonchev–Trinajstić information content (AvgIpc) is 3.07. The molecule has 0 saturated carbocycles.